The number of benzene rings is 4. The highest BCUT2D eigenvalue weighted by Gasteiger charge is 2.37. The Hall–Kier alpha value is -4.69. The second-order valence-electron chi connectivity index (χ2n) is 9.61. The average molecular weight is 725 g/mol. The van der Waals surface area contributed by atoms with Crippen molar-refractivity contribution in [3.05, 3.63) is 117 Å². The highest BCUT2D eigenvalue weighted by Crippen LogP contribution is 2.37. The van der Waals surface area contributed by atoms with Crippen molar-refractivity contribution >= 4 is 62.3 Å². The lowest BCUT2D eigenvalue weighted by Crippen LogP contribution is -2.54. The molecule has 5 rings (SSSR count). The van der Waals surface area contributed by atoms with Crippen LogP contribution in [0.5, 0.6) is 17.2 Å². The van der Waals surface area contributed by atoms with Crippen LogP contribution in [0.1, 0.15) is 16.7 Å². The van der Waals surface area contributed by atoms with Crippen molar-refractivity contribution in [2.75, 3.05) is 12.0 Å². The van der Waals surface area contributed by atoms with Gasteiger partial charge in [-0.05, 0) is 95.2 Å². The van der Waals surface area contributed by atoms with E-state index in [1.54, 1.807) is 24.3 Å². The molecule has 0 spiro atoms. The number of nitrogens with one attached hydrogen (secondary N) is 1. The Morgan fingerprint density at radius 1 is 0.909 bits per heavy atom. The van der Waals surface area contributed by atoms with Crippen molar-refractivity contribution in [3.63, 3.8) is 0 Å². The van der Waals surface area contributed by atoms with E-state index < -0.39 is 28.0 Å². The van der Waals surface area contributed by atoms with Crippen LogP contribution >= 0.6 is 22.6 Å². The number of aryl methyl sites for hydroxylation is 1. The van der Waals surface area contributed by atoms with Gasteiger partial charge >= 0.3 is 16.1 Å². The van der Waals surface area contributed by atoms with Gasteiger partial charge in [0.1, 0.15) is 22.8 Å². The van der Waals surface area contributed by atoms with Crippen LogP contribution in [0.4, 0.5) is 10.5 Å². The maximum Gasteiger partial charge on any atom is 0.339 e. The van der Waals surface area contributed by atoms with Gasteiger partial charge in [-0.3, -0.25) is 14.9 Å². The number of ether oxygens (including phenoxy) is 2. The number of hydrogen-bond acceptors (Lipinski definition) is 8. The average Bonchev–Trinajstić information content (AvgIpc) is 3.00. The second kappa shape index (κ2) is 12.9. The van der Waals surface area contributed by atoms with Gasteiger partial charge in [-0.25, -0.2) is 9.69 Å². The number of barbiturate groups is 1. The van der Waals surface area contributed by atoms with Crippen LogP contribution in [0.3, 0.4) is 0 Å². The third-order valence-corrected chi connectivity index (χ3v) is 8.55. The summed E-state index contributed by atoms with van der Waals surface area (Å²) < 4.78 is 42.7. The first-order chi connectivity index (χ1) is 21.1. The quantitative estimate of drug-likeness (QED) is 0.102. The molecule has 44 heavy (non-hydrogen) atoms. The van der Waals surface area contributed by atoms with E-state index in [9.17, 15) is 22.8 Å². The number of carbonyl (C=O) groups excluding carboxylic acids is 3. The third-order valence-electron chi connectivity index (χ3n) is 6.51. The minimum absolute atomic E-state index is 0.0304. The lowest BCUT2D eigenvalue weighted by atomic mass is 10.1. The predicted molar refractivity (Wildman–Crippen MR) is 171 cm³/mol. The Morgan fingerprint density at radius 2 is 1.59 bits per heavy atom. The molecule has 1 aliphatic rings. The zero-order valence-electron chi connectivity index (χ0n) is 23.4. The molecular weight excluding hydrogens is 699 g/mol. The molecule has 0 atom stereocenters. The molecule has 0 bridgehead atoms. The van der Waals surface area contributed by atoms with Gasteiger partial charge in [-0.15, -0.1) is 0 Å². The zero-order valence-corrected chi connectivity index (χ0v) is 26.4. The summed E-state index contributed by atoms with van der Waals surface area (Å²) in [6, 6.07) is 24.1. The molecule has 1 heterocycles. The van der Waals surface area contributed by atoms with Gasteiger partial charge in [0.15, 0.2) is 11.5 Å². The van der Waals surface area contributed by atoms with Crippen LogP contribution in [0.2, 0.25) is 0 Å². The van der Waals surface area contributed by atoms with E-state index in [0.717, 1.165) is 16.0 Å². The van der Waals surface area contributed by atoms with Crippen LogP contribution < -0.4 is 23.9 Å². The SMILES string of the molecule is COc1cc(/C=C2\C(=O)NC(=O)N(c3ccc(OCc4ccccc4)cc3)C2=O)cc(I)c1OS(=O)(=O)c1ccc(C)cc1. The van der Waals surface area contributed by atoms with Crippen molar-refractivity contribution in [1.82, 2.24) is 5.32 Å². The van der Waals surface area contributed by atoms with Gasteiger partial charge in [-0.2, -0.15) is 8.42 Å². The smallest absolute Gasteiger partial charge is 0.339 e. The molecule has 4 aromatic carbocycles. The van der Waals surface area contributed by atoms with Gasteiger partial charge in [0.05, 0.1) is 16.4 Å². The fraction of sp³-hybridized carbons (Fsp3) is 0.0938. The number of urea groups is 1. The summed E-state index contributed by atoms with van der Waals surface area (Å²) >= 11 is 1.87. The standard InChI is InChI=1S/C32H25IN2O8S/c1-20-8-14-25(15-9-20)44(39,40)43-29-27(33)17-22(18-28(29)41-2)16-26-30(36)34-32(38)35(31(26)37)23-10-12-24(13-11-23)42-19-21-6-4-3-5-7-21/h3-18H,19H2,1-2H3,(H,34,36,38)/b26-16+. The number of methoxy groups -OCH3 is 1. The molecule has 4 aromatic rings. The Kier molecular flexibility index (Phi) is 9.01. The maximum atomic E-state index is 13.4. The first kappa shape index (κ1) is 30.8. The Morgan fingerprint density at radius 3 is 2.25 bits per heavy atom. The van der Waals surface area contributed by atoms with E-state index >= 15 is 0 Å². The highest BCUT2D eigenvalue weighted by atomic mass is 127. The lowest BCUT2D eigenvalue weighted by Gasteiger charge is -2.26. The van der Waals surface area contributed by atoms with Crippen molar-refractivity contribution < 1.29 is 36.5 Å². The summed E-state index contributed by atoms with van der Waals surface area (Å²) in [4.78, 5) is 39.7. The molecule has 224 valence electrons. The molecule has 1 N–H and O–H groups in total. The number of nitrogens with zero attached hydrogens (tertiary/aromatic N) is 1. The molecule has 4 amide bonds. The summed E-state index contributed by atoms with van der Waals surface area (Å²) in [5, 5.41) is 2.19. The van der Waals surface area contributed by atoms with Crippen molar-refractivity contribution in [3.8, 4) is 17.2 Å². The van der Waals surface area contributed by atoms with E-state index in [2.05, 4.69) is 5.32 Å². The maximum absolute atomic E-state index is 13.4. The van der Waals surface area contributed by atoms with Gasteiger partial charge < -0.3 is 13.7 Å². The summed E-state index contributed by atoms with van der Waals surface area (Å²) in [6.45, 7) is 2.18. The number of carbonyl (C=O) groups is 3. The number of rotatable bonds is 9. The first-order valence-corrected chi connectivity index (χ1v) is 15.6. The molecule has 0 aromatic heterocycles. The number of anilines is 1. The van der Waals surface area contributed by atoms with Gasteiger partial charge in [0.25, 0.3) is 11.8 Å². The topological polar surface area (TPSA) is 128 Å². The molecule has 1 aliphatic heterocycles. The second-order valence-corrected chi connectivity index (χ2v) is 12.3. The fourth-order valence-electron chi connectivity index (χ4n) is 4.26. The van der Waals surface area contributed by atoms with E-state index in [-0.39, 0.29) is 27.7 Å². The summed E-state index contributed by atoms with van der Waals surface area (Å²) in [7, 11) is -2.85. The molecule has 0 radical (unpaired) electrons. The van der Waals surface area contributed by atoms with Crippen LogP contribution in [-0.4, -0.2) is 33.4 Å². The van der Waals surface area contributed by atoms with Crippen LogP contribution in [0, 0.1) is 10.5 Å². The van der Waals surface area contributed by atoms with E-state index in [1.165, 1.54) is 49.6 Å². The van der Waals surface area contributed by atoms with Crippen molar-refractivity contribution in [1.29, 1.82) is 0 Å². The fourth-order valence-corrected chi connectivity index (χ4v) is 6.10. The Bertz CT molecular complexity index is 1870. The Balaban J connectivity index is 1.38. The molecule has 1 fully saturated rings. The number of hydrogen-bond donors (Lipinski definition) is 1. The van der Waals surface area contributed by atoms with Gasteiger partial charge in [-0.1, -0.05) is 48.0 Å². The largest absolute Gasteiger partial charge is 0.493 e. The molecule has 0 saturated carbocycles. The molecular formula is C32H25IN2O8S. The first-order valence-electron chi connectivity index (χ1n) is 13.1. The Labute approximate surface area is 267 Å². The summed E-state index contributed by atoms with van der Waals surface area (Å²) in [5.74, 6) is -1.19. The van der Waals surface area contributed by atoms with Crippen molar-refractivity contribution in [2.24, 2.45) is 0 Å². The predicted octanol–water partition coefficient (Wildman–Crippen LogP) is 5.62. The van der Waals surface area contributed by atoms with Crippen LogP contribution in [0.15, 0.2) is 101 Å². The summed E-state index contributed by atoms with van der Waals surface area (Å²) in [6.07, 6.45) is 1.29. The molecule has 0 unspecified atom stereocenters. The minimum atomic E-state index is -4.18. The normalized spacial score (nSPS) is 14.4. The lowest BCUT2D eigenvalue weighted by molar-refractivity contribution is -0.122. The number of imide groups is 2. The van der Waals surface area contributed by atoms with E-state index in [4.69, 9.17) is 13.7 Å². The minimum Gasteiger partial charge on any atom is -0.493 e. The monoisotopic (exact) mass is 724 g/mol. The number of halogens is 1. The van der Waals surface area contributed by atoms with E-state index in [1.807, 2.05) is 59.8 Å². The molecule has 12 heteroatoms. The summed E-state index contributed by atoms with van der Waals surface area (Å²) in [5.41, 5.74) is 2.13. The van der Waals surface area contributed by atoms with Crippen molar-refractivity contribution in [2.45, 2.75) is 18.4 Å². The van der Waals surface area contributed by atoms with Crippen LogP contribution in [0.25, 0.3) is 6.08 Å². The van der Waals surface area contributed by atoms with Crippen LogP contribution in [-0.2, 0) is 26.3 Å². The van der Waals surface area contributed by atoms with Gasteiger partial charge in [0, 0.05) is 0 Å². The zero-order chi connectivity index (χ0) is 31.4. The third kappa shape index (κ3) is 6.76. The molecule has 0 aliphatic carbocycles. The highest BCUT2D eigenvalue weighted by molar-refractivity contribution is 14.1. The van der Waals surface area contributed by atoms with Gasteiger partial charge in [0.2, 0.25) is 0 Å². The molecule has 10 nitrogen and oxygen atoms in total. The molecule has 1 saturated heterocycles. The van der Waals surface area contributed by atoms with E-state index in [0.29, 0.717) is 21.5 Å². The number of amides is 4.